The Morgan fingerprint density at radius 1 is 1.52 bits per heavy atom. The first-order chi connectivity index (χ1) is 9.97. The van der Waals surface area contributed by atoms with E-state index in [0.29, 0.717) is 12.4 Å². The van der Waals surface area contributed by atoms with Gasteiger partial charge in [0.2, 0.25) is 0 Å². The Morgan fingerprint density at radius 2 is 2.19 bits per heavy atom. The van der Waals surface area contributed by atoms with Crippen LogP contribution in [0.2, 0.25) is 0 Å². The van der Waals surface area contributed by atoms with Crippen LogP contribution in [0.5, 0.6) is 0 Å². The maximum atomic E-state index is 13.0. The van der Waals surface area contributed by atoms with Crippen molar-refractivity contribution in [3.63, 3.8) is 0 Å². The molecule has 0 aliphatic carbocycles. The van der Waals surface area contributed by atoms with Crippen LogP contribution >= 0.6 is 11.9 Å². The monoisotopic (exact) mass is 313 g/mol. The summed E-state index contributed by atoms with van der Waals surface area (Å²) in [4.78, 5) is 19.4. The number of nitrogens with zero attached hydrogens (tertiary/aromatic N) is 2. The van der Waals surface area contributed by atoms with Crippen molar-refractivity contribution >= 4 is 23.5 Å². The molecule has 0 aromatic heterocycles. The first-order valence-corrected chi connectivity index (χ1v) is 7.69. The van der Waals surface area contributed by atoms with Crippen LogP contribution in [0.4, 0.5) is 10.1 Å². The van der Waals surface area contributed by atoms with Crippen molar-refractivity contribution in [1.82, 2.24) is 9.79 Å². The van der Waals surface area contributed by atoms with Crippen molar-refractivity contribution in [3.05, 3.63) is 30.1 Å². The van der Waals surface area contributed by atoms with E-state index in [4.69, 9.17) is 4.84 Å². The van der Waals surface area contributed by atoms with Gasteiger partial charge in [-0.15, -0.1) is 4.47 Å². The lowest BCUT2D eigenvalue weighted by Gasteiger charge is -2.27. The number of benzene rings is 1. The van der Waals surface area contributed by atoms with Crippen LogP contribution in [0.25, 0.3) is 0 Å². The van der Waals surface area contributed by atoms with Crippen molar-refractivity contribution in [1.29, 1.82) is 0 Å². The van der Waals surface area contributed by atoms with E-state index in [1.807, 2.05) is 20.8 Å². The summed E-state index contributed by atoms with van der Waals surface area (Å²) in [6.45, 7) is 6.38. The molecule has 0 bridgehead atoms. The van der Waals surface area contributed by atoms with Gasteiger partial charge in [-0.25, -0.2) is 4.39 Å². The molecule has 1 aliphatic heterocycles. The summed E-state index contributed by atoms with van der Waals surface area (Å²) < 4.78 is 14.7. The number of carbonyl (C=O) groups is 1. The quantitative estimate of drug-likeness (QED) is 0.846. The predicted molar refractivity (Wildman–Crippen MR) is 81.9 cm³/mol. The lowest BCUT2D eigenvalue weighted by atomic mass is 10.2. The van der Waals surface area contributed by atoms with Crippen molar-refractivity contribution in [3.8, 4) is 0 Å². The van der Waals surface area contributed by atoms with E-state index in [1.54, 1.807) is 21.5 Å². The number of carbonyl (C=O) groups excluding carboxylic acids is 1. The summed E-state index contributed by atoms with van der Waals surface area (Å²) in [5.41, 5.74) is 0.667. The summed E-state index contributed by atoms with van der Waals surface area (Å²) in [7, 11) is 0. The van der Waals surface area contributed by atoms with Gasteiger partial charge >= 0.3 is 0 Å². The molecular formula is C14H20FN3O2S. The van der Waals surface area contributed by atoms with Gasteiger partial charge in [0.15, 0.2) is 0 Å². The maximum absolute atomic E-state index is 13.0. The van der Waals surface area contributed by atoms with Crippen molar-refractivity contribution in [2.45, 2.75) is 32.2 Å². The molecule has 5 nitrogen and oxygen atoms in total. The second kappa shape index (κ2) is 7.22. The molecule has 1 heterocycles. The SMILES string of the molecule is CC1NCN(OCC(=O)N(c2ccc(F)cc2)C(C)C)S1. The molecule has 1 aromatic rings. The standard InChI is InChI=1S/C14H20FN3O2S/c1-10(2)18(13-6-4-12(15)5-7-13)14(19)8-20-17-9-16-11(3)21-17/h4-7,10-11,16H,8-9H2,1-3H3. The highest BCUT2D eigenvalue weighted by Crippen LogP contribution is 2.22. The van der Waals surface area contributed by atoms with Crippen LogP contribution in [-0.4, -0.2) is 35.1 Å². The molecule has 116 valence electrons. The Balaban J connectivity index is 1.97. The zero-order chi connectivity index (χ0) is 15.4. The highest BCUT2D eigenvalue weighted by Gasteiger charge is 2.24. The summed E-state index contributed by atoms with van der Waals surface area (Å²) in [5.74, 6) is -0.476. The third-order valence-electron chi connectivity index (χ3n) is 3.01. The highest BCUT2D eigenvalue weighted by molar-refractivity contribution is 7.97. The fourth-order valence-electron chi connectivity index (χ4n) is 2.06. The van der Waals surface area contributed by atoms with E-state index < -0.39 is 0 Å². The Kier molecular flexibility index (Phi) is 5.58. The normalized spacial score (nSPS) is 19.2. The van der Waals surface area contributed by atoms with E-state index in [9.17, 15) is 9.18 Å². The third kappa shape index (κ3) is 4.41. The second-order valence-electron chi connectivity index (χ2n) is 5.05. The number of halogens is 1. The molecule has 7 heteroatoms. The van der Waals surface area contributed by atoms with Crippen LogP contribution in [0, 0.1) is 5.82 Å². The summed E-state index contributed by atoms with van der Waals surface area (Å²) in [6.07, 6.45) is 0. The average Bonchev–Trinajstić information content (AvgIpc) is 2.84. The minimum Gasteiger partial charge on any atom is -0.308 e. The van der Waals surface area contributed by atoms with Gasteiger partial charge < -0.3 is 4.90 Å². The van der Waals surface area contributed by atoms with E-state index in [0.717, 1.165) is 0 Å². The van der Waals surface area contributed by atoms with Crippen molar-refractivity contribution in [2.75, 3.05) is 18.2 Å². The van der Waals surface area contributed by atoms with Crippen LogP contribution in [0.15, 0.2) is 24.3 Å². The van der Waals surface area contributed by atoms with Gasteiger partial charge in [-0.05, 0) is 57.0 Å². The predicted octanol–water partition coefficient (Wildman–Crippen LogP) is 2.36. The molecule has 1 unspecified atom stereocenters. The molecule has 1 saturated heterocycles. The third-order valence-corrected chi connectivity index (χ3v) is 3.96. The van der Waals surface area contributed by atoms with Crippen molar-refractivity contribution in [2.24, 2.45) is 0 Å². The molecule has 1 aromatic carbocycles. The summed E-state index contributed by atoms with van der Waals surface area (Å²) >= 11 is 1.51. The zero-order valence-corrected chi connectivity index (χ0v) is 13.2. The van der Waals surface area contributed by atoms with Gasteiger partial charge in [0.05, 0.1) is 12.0 Å². The first-order valence-electron chi connectivity index (χ1n) is 6.85. The summed E-state index contributed by atoms with van der Waals surface area (Å²) in [5, 5.41) is 3.46. The van der Waals surface area contributed by atoms with Crippen LogP contribution in [0.3, 0.4) is 0 Å². The second-order valence-corrected chi connectivity index (χ2v) is 6.38. The topological polar surface area (TPSA) is 44.8 Å². The van der Waals surface area contributed by atoms with Crippen molar-refractivity contribution < 1.29 is 14.0 Å². The number of hydroxylamine groups is 1. The molecule has 1 fully saturated rings. The molecule has 0 saturated carbocycles. The fraction of sp³-hybridized carbons (Fsp3) is 0.500. The molecule has 1 N–H and O–H groups in total. The molecule has 21 heavy (non-hydrogen) atoms. The number of amides is 1. The molecule has 0 spiro atoms. The molecule has 1 aliphatic rings. The Morgan fingerprint density at radius 3 is 2.71 bits per heavy atom. The fourth-order valence-corrected chi connectivity index (χ4v) is 2.82. The van der Waals surface area contributed by atoms with Crippen LogP contribution < -0.4 is 10.2 Å². The number of anilines is 1. The molecule has 1 amide bonds. The molecular weight excluding hydrogens is 293 g/mol. The van der Waals surface area contributed by atoms with Gasteiger partial charge in [0.1, 0.15) is 12.4 Å². The van der Waals surface area contributed by atoms with Gasteiger partial charge in [-0.2, -0.15) is 0 Å². The van der Waals surface area contributed by atoms with E-state index in [2.05, 4.69) is 5.32 Å². The average molecular weight is 313 g/mol. The lowest BCUT2D eigenvalue weighted by molar-refractivity contribution is -0.136. The minimum atomic E-state index is -0.320. The largest absolute Gasteiger partial charge is 0.308 e. The van der Waals surface area contributed by atoms with E-state index in [1.165, 1.54) is 24.1 Å². The van der Waals surface area contributed by atoms with Gasteiger partial charge in [-0.3, -0.25) is 14.9 Å². The first kappa shape index (κ1) is 16.2. The number of hydrogen-bond donors (Lipinski definition) is 1. The van der Waals surface area contributed by atoms with Gasteiger partial charge in [0.25, 0.3) is 5.91 Å². The zero-order valence-electron chi connectivity index (χ0n) is 12.4. The Bertz CT molecular complexity index is 484. The lowest BCUT2D eigenvalue weighted by Crippen LogP contribution is -2.40. The maximum Gasteiger partial charge on any atom is 0.255 e. The molecule has 1 atom stereocenters. The number of rotatable bonds is 5. The number of hydrogen-bond acceptors (Lipinski definition) is 5. The summed E-state index contributed by atoms with van der Waals surface area (Å²) in [6, 6.07) is 5.86. The molecule has 2 rings (SSSR count). The Labute approximate surface area is 128 Å². The van der Waals surface area contributed by atoms with Gasteiger partial charge in [-0.1, -0.05) is 0 Å². The minimum absolute atomic E-state index is 0.0326. The molecule has 0 radical (unpaired) electrons. The smallest absolute Gasteiger partial charge is 0.255 e. The van der Waals surface area contributed by atoms with E-state index >= 15 is 0 Å². The van der Waals surface area contributed by atoms with E-state index in [-0.39, 0.29) is 29.7 Å². The number of nitrogens with one attached hydrogen (secondary N) is 1. The highest BCUT2D eigenvalue weighted by atomic mass is 32.2. The van der Waals surface area contributed by atoms with Crippen LogP contribution in [-0.2, 0) is 9.63 Å². The van der Waals surface area contributed by atoms with Gasteiger partial charge in [0, 0.05) is 11.7 Å². The van der Waals surface area contributed by atoms with Crippen LogP contribution in [0.1, 0.15) is 20.8 Å². The Hall–Kier alpha value is -1.15.